The van der Waals surface area contributed by atoms with Crippen molar-refractivity contribution in [3.8, 4) is 0 Å². The Morgan fingerprint density at radius 1 is 1.47 bits per heavy atom. The fourth-order valence-corrected chi connectivity index (χ4v) is 2.81. The number of nitrogens with one attached hydrogen (secondary N) is 1. The van der Waals surface area contributed by atoms with Crippen LogP contribution >= 0.6 is 0 Å². The molecule has 0 spiro atoms. The van der Waals surface area contributed by atoms with Crippen LogP contribution in [0.2, 0.25) is 0 Å². The molecule has 0 bridgehead atoms. The molecule has 3 rings (SSSR count). The molecule has 1 atom stereocenters. The van der Waals surface area contributed by atoms with Gasteiger partial charge in [-0.05, 0) is 44.5 Å². The molecular formula is C15H20FN3. The van der Waals surface area contributed by atoms with Gasteiger partial charge in [-0.3, -0.25) is 10.3 Å². The van der Waals surface area contributed by atoms with Crippen molar-refractivity contribution in [2.75, 3.05) is 13.6 Å². The third-order valence-corrected chi connectivity index (χ3v) is 4.31. The zero-order chi connectivity index (χ0) is 13.6. The molecule has 1 N–H and O–H groups in total. The van der Waals surface area contributed by atoms with Crippen LogP contribution in [0.5, 0.6) is 0 Å². The normalized spacial score (nSPS) is 20.0. The van der Waals surface area contributed by atoms with Crippen molar-refractivity contribution in [1.82, 2.24) is 9.80 Å². The Kier molecular flexibility index (Phi) is 3.05. The maximum absolute atomic E-state index is 13.2. The lowest BCUT2D eigenvalue weighted by molar-refractivity contribution is 0.207. The van der Waals surface area contributed by atoms with Gasteiger partial charge in [0.1, 0.15) is 11.7 Å². The van der Waals surface area contributed by atoms with Gasteiger partial charge in [-0.2, -0.15) is 0 Å². The zero-order valence-electron chi connectivity index (χ0n) is 11.5. The van der Waals surface area contributed by atoms with Crippen molar-refractivity contribution >= 4 is 5.84 Å². The van der Waals surface area contributed by atoms with Gasteiger partial charge in [0.2, 0.25) is 0 Å². The molecule has 1 heterocycles. The van der Waals surface area contributed by atoms with Crippen LogP contribution in [0.3, 0.4) is 0 Å². The Hall–Kier alpha value is -1.42. The summed E-state index contributed by atoms with van der Waals surface area (Å²) in [5, 5.41) is 8.18. The predicted octanol–water partition coefficient (Wildman–Crippen LogP) is 2.45. The Morgan fingerprint density at radius 3 is 2.89 bits per heavy atom. The van der Waals surface area contributed by atoms with Gasteiger partial charge in [-0.15, -0.1) is 0 Å². The number of fused-ring (bicyclic) bond motifs is 1. The Morgan fingerprint density at radius 2 is 2.21 bits per heavy atom. The number of amidine groups is 1. The molecule has 1 aromatic carbocycles. The predicted molar refractivity (Wildman–Crippen MR) is 73.9 cm³/mol. The quantitative estimate of drug-likeness (QED) is 0.902. The first-order valence-electron chi connectivity index (χ1n) is 6.90. The topological polar surface area (TPSA) is 30.3 Å². The largest absolute Gasteiger partial charge is 0.351 e. The van der Waals surface area contributed by atoms with Crippen molar-refractivity contribution in [2.24, 2.45) is 0 Å². The smallest absolute Gasteiger partial charge is 0.128 e. The average molecular weight is 261 g/mol. The fraction of sp³-hybridized carbons (Fsp3) is 0.533. The average Bonchev–Trinajstić information content (AvgIpc) is 3.18. The molecule has 1 unspecified atom stereocenters. The van der Waals surface area contributed by atoms with Gasteiger partial charge in [0, 0.05) is 30.7 Å². The summed E-state index contributed by atoms with van der Waals surface area (Å²) in [6, 6.07) is 5.91. The summed E-state index contributed by atoms with van der Waals surface area (Å²) in [7, 11) is 2.16. The van der Waals surface area contributed by atoms with E-state index < -0.39 is 0 Å². The molecule has 102 valence electrons. The van der Waals surface area contributed by atoms with E-state index in [-0.39, 0.29) is 5.82 Å². The van der Waals surface area contributed by atoms with E-state index >= 15 is 0 Å². The second-order valence-corrected chi connectivity index (χ2v) is 5.78. The third kappa shape index (κ3) is 2.37. The summed E-state index contributed by atoms with van der Waals surface area (Å²) in [6.45, 7) is 3.77. The van der Waals surface area contributed by atoms with Gasteiger partial charge in [0.05, 0.1) is 0 Å². The van der Waals surface area contributed by atoms with Crippen LogP contribution in [0.15, 0.2) is 18.2 Å². The van der Waals surface area contributed by atoms with Gasteiger partial charge in [0.25, 0.3) is 0 Å². The summed E-state index contributed by atoms with van der Waals surface area (Å²) in [5.74, 6) is 0.207. The van der Waals surface area contributed by atoms with E-state index in [2.05, 4.69) is 18.9 Å². The van der Waals surface area contributed by atoms with Crippen molar-refractivity contribution in [3.63, 3.8) is 0 Å². The number of nitrogens with zero attached hydrogens (tertiary/aromatic N) is 2. The number of benzene rings is 1. The van der Waals surface area contributed by atoms with Crippen LogP contribution in [-0.2, 0) is 6.54 Å². The van der Waals surface area contributed by atoms with Crippen LogP contribution in [0, 0.1) is 11.2 Å². The van der Waals surface area contributed by atoms with Gasteiger partial charge < -0.3 is 4.90 Å². The second-order valence-electron chi connectivity index (χ2n) is 5.78. The summed E-state index contributed by atoms with van der Waals surface area (Å²) in [5.41, 5.74) is 1.81. The van der Waals surface area contributed by atoms with Crippen molar-refractivity contribution < 1.29 is 4.39 Å². The van der Waals surface area contributed by atoms with Gasteiger partial charge >= 0.3 is 0 Å². The molecule has 0 saturated heterocycles. The Balaban J connectivity index is 1.69. The minimum Gasteiger partial charge on any atom is -0.351 e. The number of likely N-dealkylation sites (N-methyl/N-ethyl adjacent to an activating group) is 1. The van der Waals surface area contributed by atoms with Gasteiger partial charge in [-0.1, -0.05) is 6.07 Å². The number of hydrogen-bond donors (Lipinski definition) is 1. The van der Waals surface area contributed by atoms with E-state index in [1.54, 1.807) is 6.07 Å². The van der Waals surface area contributed by atoms with Crippen molar-refractivity contribution in [2.45, 2.75) is 38.4 Å². The standard InChI is InChI=1S/C15H20FN3/c1-10(18(2)13-5-6-13)8-19-9-11-3-4-12(16)7-14(11)15(19)17/h3-4,7,10,13,17H,5-6,8-9H2,1-2H3. The highest BCUT2D eigenvalue weighted by molar-refractivity contribution is 6.00. The fourth-order valence-electron chi connectivity index (χ4n) is 2.81. The first kappa shape index (κ1) is 12.6. The van der Waals surface area contributed by atoms with E-state index in [4.69, 9.17) is 5.41 Å². The molecule has 1 saturated carbocycles. The third-order valence-electron chi connectivity index (χ3n) is 4.31. The van der Waals surface area contributed by atoms with Gasteiger partial charge in [-0.25, -0.2) is 4.39 Å². The van der Waals surface area contributed by atoms with Crippen molar-refractivity contribution in [3.05, 3.63) is 35.1 Å². The zero-order valence-corrected chi connectivity index (χ0v) is 11.5. The molecule has 2 aliphatic rings. The molecule has 1 fully saturated rings. The van der Waals surface area contributed by atoms with E-state index in [1.807, 2.05) is 4.90 Å². The van der Waals surface area contributed by atoms with E-state index in [1.165, 1.54) is 25.0 Å². The van der Waals surface area contributed by atoms with E-state index in [0.29, 0.717) is 11.9 Å². The SMILES string of the molecule is CC(CN1Cc2ccc(F)cc2C1=N)N(C)C1CC1. The summed E-state index contributed by atoms with van der Waals surface area (Å²) >= 11 is 0. The lowest BCUT2D eigenvalue weighted by atomic mass is 10.1. The van der Waals surface area contributed by atoms with Crippen molar-refractivity contribution in [1.29, 1.82) is 5.41 Å². The lowest BCUT2D eigenvalue weighted by Gasteiger charge is -2.29. The Labute approximate surface area is 113 Å². The highest BCUT2D eigenvalue weighted by atomic mass is 19.1. The molecule has 1 aliphatic carbocycles. The lowest BCUT2D eigenvalue weighted by Crippen LogP contribution is -2.41. The number of hydrogen-bond acceptors (Lipinski definition) is 2. The maximum Gasteiger partial charge on any atom is 0.128 e. The molecule has 0 aromatic heterocycles. The number of halogens is 1. The highest BCUT2D eigenvalue weighted by Gasteiger charge is 2.32. The van der Waals surface area contributed by atoms with Crippen LogP contribution in [0.25, 0.3) is 0 Å². The van der Waals surface area contributed by atoms with Crippen LogP contribution < -0.4 is 0 Å². The molecule has 3 nitrogen and oxygen atoms in total. The van der Waals surface area contributed by atoms with Crippen LogP contribution in [0.1, 0.15) is 30.9 Å². The van der Waals surface area contributed by atoms with E-state index in [0.717, 1.165) is 30.3 Å². The maximum atomic E-state index is 13.2. The Bertz CT molecular complexity index is 510. The highest BCUT2D eigenvalue weighted by Crippen LogP contribution is 2.28. The second kappa shape index (κ2) is 4.60. The first-order chi connectivity index (χ1) is 9.06. The molecular weight excluding hydrogens is 241 g/mol. The summed E-state index contributed by atoms with van der Waals surface area (Å²) in [4.78, 5) is 4.45. The van der Waals surface area contributed by atoms with Crippen LogP contribution in [-0.4, -0.2) is 41.3 Å². The minimum atomic E-state index is -0.256. The van der Waals surface area contributed by atoms with E-state index in [9.17, 15) is 4.39 Å². The minimum absolute atomic E-state index is 0.256. The van der Waals surface area contributed by atoms with Crippen LogP contribution in [0.4, 0.5) is 4.39 Å². The molecule has 1 aromatic rings. The number of rotatable bonds is 4. The summed E-state index contributed by atoms with van der Waals surface area (Å²) < 4.78 is 13.2. The van der Waals surface area contributed by atoms with Gasteiger partial charge in [0.15, 0.2) is 0 Å². The molecule has 0 amide bonds. The molecule has 19 heavy (non-hydrogen) atoms. The molecule has 1 aliphatic heterocycles. The summed E-state index contributed by atoms with van der Waals surface area (Å²) in [6.07, 6.45) is 2.59. The first-order valence-corrected chi connectivity index (χ1v) is 6.90. The molecule has 0 radical (unpaired) electrons. The monoisotopic (exact) mass is 261 g/mol. The molecule has 4 heteroatoms.